The lowest BCUT2D eigenvalue weighted by Crippen LogP contribution is -2.40. The van der Waals surface area contributed by atoms with E-state index in [-0.39, 0.29) is 5.91 Å². The normalized spacial score (nSPS) is 18.6. The van der Waals surface area contributed by atoms with Crippen molar-refractivity contribution in [2.45, 2.75) is 45.4 Å². The molecular formula is C18H25N3OS. The standard InChI is InChI=1S/C18H25N3OS/c1-13(2)9-15-11-19-20-18(15)14-5-3-7-21(12-14)17(22)10-16-6-4-8-23-16/h4,6,8,11,13-14H,3,5,7,9-10,12H2,1-2H3,(H,19,20). The van der Waals surface area contributed by atoms with Crippen molar-refractivity contribution in [2.75, 3.05) is 13.1 Å². The van der Waals surface area contributed by atoms with Crippen molar-refractivity contribution in [1.82, 2.24) is 15.1 Å². The number of carbonyl (C=O) groups is 1. The number of hydrogen-bond acceptors (Lipinski definition) is 3. The molecule has 1 unspecified atom stereocenters. The second-order valence-corrected chi connectivity index (χ2v) is 7.87. The van der Waals surface area contributed by atoms with Gasteiger partial charge in [-0.15, -0.1) is 11.3 Å². The van der Waals surface area contributed by atoms with Crippen molar-refractivity contribution in [3.63, 3.8) is 0 Å². The van der Waals surface area contributed by atoms with E-state index in [1.54, 1.807) is 11.3 Å². The molecule has 5 heteroatoms. The Hall–Kier alpha value is -1.62. The van der Waals surface area contributed by atoms with Gasteiger partial charge in [0.1, 0.15) is 0 Å². The van der Waals surface area contributed by atoms with Gasteiger partial charge in [0.05, 0.1) is 12.6 Å². The van der Waals surface area contributed by atoms with Crippen LogP contribution in [0, 0.1) is 5.92 Å². The molecule has 2 aromatic rings. The molecule has 0 saturated carbocycles. The Morgan fingerprint density at radius 1 is 1.52 bits per heavy atom. The number of likely N-dealkylation sites (tertiary alicyclic amines) is 1. The van der Waals surface area contributed by atoms with Gasteiger partial charge in [0.15, 0.2) is 0 Å². The maximum Gasteiger partial charge on any atom is 0.227 e. The van der Waals surface area contributed by atoms with Gasteiger partial charge in [-0.3, -0.25) is 9.89 Å². The molecule has 3 heterocycles. The Morgan fingerprint density at radius 2 is 2.39 bits per heavy atom. The summed E-state index contributed by atoms with van der Waals surface area (Å²) in [7, 11) is 0. The fourth-order valence-electron chi connectivity index (χ4n) is 3.39. The third-order valence-electron chi connectivity index (χ3n) is 4.47. The van der Waals surface area contributed by atoms with Crippen LogP contribution in [0.15, 0.2) is 23.7 Å². The average Bonchev–Trinajstić information content (AvgIpc) is 3.18. The number of thiophene rings is 1. The molecule has 0 aromatic carbocycles. The van der Waals surface area contributed by atoms with Crippen LogP contribution >= 0.6 is 11.3 Å². The van der Waals surface area contributed by atoms with Crippen LogP contribution in [0.25, 0.3) is 0 Å². The lowest BCUT2D eigenvalue weighted by atomic mass is 9.90. The van der Waals surface area contributed by atoms with Crippen LogP contribution in [0.2, 0.25) is 0 Å². The molecule has 124 valence electrons. The lowest BCUT2D eigenvalue weighted by Gasteiger charge is -2.33. The third-order valence-corrected chi connectivity index (χ3v) is 5.34. The molecule has 1 N–H and O–H groups in total. The largest absolute Gasteiger partial charge is 0.342 e. The molecule has 0 aliphatic carbocycles. The molecule has 2 aromatic heterocycles. The molecule has 0 spiro atoms. The highest BCUT2D eigenvalue weighted by Crippen LogP contribution is 2.29. The topological polar surface area (TPSA) is 49.0 Å². The minimum absolute atomic E-state index is 0.252. The van der Waals surface area contributed by atoms with Crippen LogP contribution in [0.5, 0.6) is 0 Å². The van der Waals surface area contributed by atoms with E-state index >= 15 is 0 Å². The first-order chi connectivity index (χ1) is 11.1. The molecule has 1 aliphatic rings. The van der Waals surface area contributed by atoms with Crippen molar-refractivity contribution >= 4 is 17.2 Å². The van der Waals surface area contributed by atoms with Gasteiger partial charge >= 0.3 is 0 Å². The first kappa shape index (κ1) is 16.2. The summed E-state index contributed by atoms with van der Waals surface area (Å²) >= 11 is 1.66. The van der Waals surface area contributed by atoms with E-state index in [9.17, 15) is 4.79 Å². The zero-order valence-electron chi connectivity index (χ0n) is 13.9. The molecular weight excluding hydrogens is 306 g/mol. The van der Waals surface area contributed by atoms with Gasteiger partial charge < -0.3 is 4.90 Å². The van der Waals surface area contributed by atoms with Gasteiger partial charge in [-0.25, -0.2) is 0 Å². The summed E-state index contributed by atoms with van der Waals surface area (Å²) in [5, 5.41) is 9.49. The number of piperidine rings is 1. The second-order valence-electron chi connectivity index (χ2n) is 6.84. The maximum absolute atomic E-state index is 12.6. The number of amides is 1. The van der Waals surface area contributed by atoms with Gasteiger partial charge in [-0.05, 0) is 42.2 Å². The minimum Gasteiger partial charge on any atom is -0.342 e. The molecule has 1 amide bonds. The second kappa shape index (κ2) is 7.30. The predicted octanol–water partition coefficient (Wildman–Crippen LogP) is 3.62. The average molecular weight is 331 g/mol. The number of hydrogen-bond donors (Lipinski definition) is 1. The fraction of sp³-hybridized carbons (Fsp3) is 0.556. The summed E-state index contributed by atoms with van der Waals surface area (Å²) in [6, 6.07) is 4.05. The number of H-pyrrole nitrogens is 1. The zero-order valence-corrected chi connectivity index (χ0v) is 14.7. The highest BCUT2D eigenvalue weighted by atomic mass is 32.1. The summed E-state index contributed by atoms with van der Waals surface area (Å²) in [5.41, 5.74) is 2.56. The first-order valence-electron chi connectivity index (χ1n) is 8.45. The van der Waals surface area contributed by atoms with E-state index in [0.29, 0.717) is 18.3 Å². The summed E-state index contributed by atoms with van der Waals surface area (Å²) in [6.45, 7) is 6.16. The van der Waals surface area contributed by atoms with Crippen LogP contribution in [0.4, 0.5) is 0 Å². The minimum atomic E-state index is 0.252. The van der Waals surface area contributed by atoms with Crippen molar-refractivity contribution in [3.05, 3.63) is 39.8 Å². The number of carbonyl (C=O) groups excluding carboxylic acids is 1. The highest BCUT2D eigenvalue weighted by Gasteiger charge is 2.27. The van der Waals surface area contributed by atoms with E-state index in [1.165, 1.54) is 11.3 Å². The van der Waals surface area contributed by atoms with E-state index in [1.807, 2.05) is 28.6 Å². The highest BCUT2D eigenvalue weighted by molar-refractivity contribution is 7.10. The molecule has 0 bridgehead atoms. The van der Waals surface area contributed by atoms with Gasteiger partial charge in [0.25, 0.3) is 0 Å². The van der Waals surface area contributed by atoms with Crippen LogP contribution in [-0.4, -0.2) is 34.1 Å². The van der Waals surface area contributed by atoms with Crippen molar-refractivity contribution in [1.29, 1.82) is 0 Å². The van der Waals surface area contributed by atoms with Crippen LogP contribution in [0.3, 0.4) is 0 Å². The Morgan fingerprint density at radius 3 is 3.13 bits per heavy atom. The van der Waals surface area contributed by atoms with Crippen LogP contribution in [-0.2, 0) is 17.6 Å². The SMILES string of the molecule is CC(C)Cc1cn[nH]c1C1CCCN(C(=O)Cc2cccs2)C1. The zero-order chi connectivity index (χ0) is 16.2. The Labute approximate surface area is 141 Å². The first-order valence-corrected chi connectivity index (χ1v) is 9.33. The molecule has 3 rings (SSSR count). The van der Waals surface area contributed by atoms with Gasteiger partial charge in [0.2, 0.25) is 5.91 Å². The smallest absolute Gasteiger partial charge is 0.227 e. The number of nitrogens with one attached hydrogen (secondary N) is 1. The van der Waals surface area contributed by atoms with Crippen molar-refractivity contribution in [2.24, 2.45) is 5.92 Å². The van der Waals surface area contributed by atoms with E-state index in [0.717, 1.165) is 37.2 Å². The quantitative estimate of drug-likeness (QED) is 0.910. The summed E-state index contributed by atoms with van der Waals surface area (Å²) in [6.07, 6.45) is 5.75. The molecule has 23 heavy (non-hydrogen) atoms. The molecule has 0 radical (unpaired) electrons. The molecule has 1 aliphatic heterocycles. The lowest BCUT2D eigenvalue weighted by molar-refractivity contribution is -0.131. The van der Waals surface area contributed by atoms with Crippen LogP contribution in [0.1, 0.15) is 48.7 Å². The Bertz CT molecular complexity index is 632. The summed E-state index contributed by atoms with van der Waals surface area (Å²) in [4.78, 5) is 15.7. The van der Waals surface area contributed by atoms with Gasteiger partial charge in [-0.2, -0.15) is 5.10 Å². The summed E-state index contributed by atoms with van der Waals surface area (Å²) < 4.78 is 0. The Kier molecular flexibility index (Phi) is 5.16. The third kappa shape index (κ3) is 4.02. The van der Waals surface area contributed by atoms with Crippen molar-refractivity contribution < 1.29 is 4.79 Å². The molecule has 1 saturated heterocycles. The monoisotopic (exact) mass is 331 g/mol. The number of rotatable bonds is 5. The van der Waals surface area contributed by atoms with E-state index in [2.05, 4.69) is 24.0 Å². The predicted molar refractivity (Wildman–Crippen MR) is 93.7 cm³/mol. The number of aromatic amines is 1. The maximum atomic E-state index is 12.6. The van der Waals surface area contributed by atoms with Crippen LogP contribution < -0.4 is 0 Å². The van der Waals surface area contributed by atoms with E-state index < -0.39 is 0 Å². The van der Waals surface area contributed by atoms with Gasteiger partial charge in [-0.1, -0.05) is 19.9 Å². The van der Waals surface area contributed by atoms with Crippen molar-refractivity contribution in [3.8, 4) is 0 Å². The van der Waals surface area contributed by atoms with E-state index in [4.69, 9.17) is 0 Å². The number of nitrogens with zero attached hydrogens (tertiary/aromatic N) is 2. The fourth-order valence-corrected chi connectivity index (χ4v) is 4.09. The van der Waals surface area contributed by atoms with Gasteiger partial charge in [0, 0.05) is 29.6 Å². The molecule has 1 atom stereocenters. The Balaban J connectivity index is 1.66. The number of aromatic nitrogens is 2. The molecule has 1 fully saturated rings. The molecule has 4 nitrogen and oxygen atoms in total. The summed E-state index contributed by atoms with van der Waals surface area (Å²) in [5.74, 6) is 1.26.